The number of likely N-dealkylation sites (tertiary alicyclic amines) is 2. The molecule has 2 fully saturated rings. The summed E-state index contributed by atoms with van der Waals surface area (Å²) in [5.41, 5.74) is 0. The molecule has 0 radical (unpaired) electrons. The standard InChI is InChI=1S/C14H23N3O3/c1-2-11-5-3-4-9-16(11)14(20)15-8-10-17-12(18)6-7-13(17)19/h11H,2-10H2,1H3,(H,15,20). The monoisotopic (exact) mass is 281 g/mol. The second kappa shape index (κ2) is 6.72. The number of urea groups is 1. The van der Waals surface area contributed by atoms with Gasteiger partial charge in [0.25, 0.3) is 0 Å². The molecule has 6 nitrogen and oxygen atoms in total. The molecular weight excluding hydrogens is 258 g/mol. The number of hydrogen-bond acceptors (Lipinski definition) is 3. The maximum Gasteiger partial charge on any atom is 0.317 e. The Balaban J connectivity index is 1.77. The van der Waals surface area contributed by atoms with Crippen molar-refractivity contribution in [3.63, 3.8) is 0 Å². The maximum absolute atomic E-state index is 12.1. The Kier molecular flexibility index (Phi) is 4.98. The zero-order valence-corrected chi connectivity index (χ0v) is 12.1. The molecule has 1 unspecified atom stereocenters. The summed E-state index contributed by atoms with van der Waals surface area (Å²) in [7, 11) is 0. The van der Waals surface area contributed by atoms with Crippen LogP contribution in [0.15, 0.2) is 0 Å². The molecule has 1 N–H and O–H groups in total. The molecule has 2 rings (SSSR count). The van der Waals surface area contributed by atoms with Crippen molar-refractivity contribution in [3.05, 3.63) is 0 Å². The summed E-state index contributed by atoms with van der Waals surface area (Å²) < 4.78 is 0. The van der Waals surface area contributed by atoms with Crippen LogP contribution in [0.3, 0.4) is 0 Å². The minimum absolute atomic E-state index is 0.0735. The van der Waals surface area contributed by atoms with Gasteiger partial charge in [-0.15, -0.1) is 0 Å². The highest BCUT2D eigenvalue weighted by Gasteiger charge is 2.29. The Bertz CT molecular complexity index is 381. The molecule has 0 aliphatic carbocycles. The van der Waals surface area contributed by atoms with Crippen molar-refractivity contribution in [2.75, 3.05) is 19.6 Å². The fraction of sp³-hybridized carbons (Fsp3) is 0.786. The number of hydrogen-bond donors (Lipinski definition) is 1. The lowest BCUT2D eigenvalue weighted by Gasteiger charge is -2.35. The second-order valence-corrected chi connectivity index (χ2v) is 5.42. The summed E-state index contributed by atoms with van der Waals surface area (Å²) in [4.78, 5) is 38.1. The molecule has 20 heavy (non-hydrogen) atoms. The average Bonchev–Trinajstić information content (AvgIpc) is 2.78. The Hall–Kier alpha value is -1.59. The molecule has 0 aromatic heterocycles. The zero-order chi connectivity index (χ0) is 14.5. The zero-order valence-electron chi connectivity index (χ0n) is 12.1. The van der Waals surface area contributed by atoms with Gasteiger partial charge in [0.1, 0.15) is 0 Å². The quantitative estimate of drug-likeness (QED) is 0.785. The van der Waals surface area contributed by atoms with Crippen molar-refractivity contribution in [2.45, 2.75) is 51.5 Å². The summed E-state index contributed by atoms with van der Waals surface area (Å²) in [6.45, 7) is 3.51. The minimum atomic E-state index is -0.131. The van der Waals surface area contributed by atoms with E-state index in [1.54, 1.807) is 0 Å². The van der Waals surface area contributed by atoms with E-state index < -0.39 is 0 Å². The van der Waals surface area contributed by atoms with E-state index in [9.17, 15) is 14.4 Å². The third-order valence-electron chi connectivity index (χ3n) is 4.13. The number of nitrogens with one attached hydrogen (secondary N) is 1. The highest BCUT2D eigenvalue weighted by atomic mass is 16.2. The van der Waals surface area contributed by atoms with Crippen LogP contribution in [0.4, 0.5) is 4.79 Å². The van der Waals surface area contributed by atoms with Crippen molar-refractivity contribution in [1.82, 2.24) is 15.1 Å². The normalized spacial score (nSPS) is 23.4. The van der Waals surface area contributed by atoms with E-state index in [1.807, 2.05) is 4.90 Å². The van der Waals surface area contributed by atoms with E-state index in [0.29, 0.717) is 25.4 Å². The third-order valence-corrected chi connectivity index (χ3v) is 4.13. The lowest BCUT2D eigenvalue weighted by Crippen LogP contribution is -2.50. The van der Waals surface area contributed by atoms with Crippen LogP contribution in [-0.4, -0.2) is 53.3 Å². The highest BCUT2D eigenvalue weighted by Crippen LogP contribution is 2.19. The molecule has 0 aromatic rings. The molecule has 0 spiro atoms. The van der Waals surface area contributed by atoms with Gasteiger partial charge in [-0.25, -0.2) is 4.79 Å². The Morgan fingerprint density at radius 3 is 2.60 bits per heavy atom. The van der Waals surface area contributed by atoms with Crippen molar-refractivity contribution >= 4 is 17.8 Å². The summed E-state index contributed by atoms with van der Waals surface area (Å²) in [5, 5.41) is 2.83. The Labute approximate surface area is 119 Å². The fourth-order valence-corrected chi connectivity index (χ4v) is 2.94. The Morgan fingerprint density at radius 1 is 1.25 bits per heavy atom. The predicted molar refractivity (Wildman–Crippen MR) is 74.0 cm³/mol. The predicted octanol–water partition coefficient (Wildman–Crippen LogP) is 1.11. The van der Waals surface area contributed by atoms with Crippen LogP contribution in [-0.2, 0) is 9.59 Å². The number of amides is 4. The smallest absolute Gasteiger partial charge is 0.317 e. The number of carbonyl (C=O) groups is 3. The molecule has 2 aliphatic rings. The van der Waals surface area contributed by atoms with Gasteiger partial charge in [-0.1, -0.05) is 6.92 Å². The van der Waals surface area contributed by atoms with Gasteiger partial charge in [0.05, 0.1) is 0 Å². The molecule has 0 bridgehead atoms. The maximum atomic E-state index is 12.1. The first kappa shape index (κ1) is 14.8. The highest BCUT2D eigenvalue weighted by molar-refractivity contribution is 6.01. The molecule has 2 aliphatic heterocycles. The van der Waals surface area contributed by atoms with Crippen molar-refractivity contribution < 1.29 is 14.4 Å². The van der Waals surface area contributed by atoms with Gasteiger partial charge in [-0.2, -0.15) is 0 Å². The molecule has 4 amide bonds. The average molecular weight is 281 g/mol. The van der Waals surface area contributed by atoms with Gasteiger partial charge in [0.2, 0.25) is 11.8 Å². The van der Waals surface area contributed by atoms with Crippen LogP contribution in [0.5, 0.6) is 0 Å². The first-order valence-electron chi connectivity index (χ1n) is 7.51. The molecular formula is C14H23N3O3. The van der Waals surface area contributed by atoms with Crippen molar-refractivity contribution in [3.8, 4) is 0 Å². The van der Waals surface area contributed by atoms with Crippen LogP contribution in [0.25, 0.3) is 0 Å². The van der Waals surface area contributed by atoms with E-state index in [4.69, 9.17) is 0 Å². The van der Waals surface area contributed by atoms with Gasteiger partial charge >= 0.3 is 6.03 Å². The first-order valence-corrected chi connectivity index (χ1v) is 7.51. The van der Waals surface area contributed by atoms with Gasteiger partial charge in [-0.3, -0.25) is 14.5 Å². The van der Waals surface area contributed by atoms with E-state index in [1.165, 1.54) is 11.3 Å². The van der Waals surface area contributed by atoms with Gasteiger partial charge in [0.15, 0.2) is 0 Å². The summed E-state index contributed by atoms with van der Waals surface area (Å²) in [6, 6.07) is 0.245. The summed E-state index contributed by atoms with van der Waals surface area (Å²) >= 11 is 0. The molecule has 2 heterocycles. The molecule has 6 heteroatoms. The third kappa shape index (κ3) is 3.29. The van der Waals surface area contributed by atoms with Crippen LogP contribution in [0.1, 0.15) is 45.4 Å². The SMILES string of the molecule is CCC1CCCCN1C(=O)NCCN1C(=O)CCC1=O. The number of carbonyl (C=O) groups excluding carboxylic acids is 3. The number of rotatable bonds is 4. The number of nitrogens with zero attached hydrogens (tertiary/aromatic N) is 2. The Morgan fingerprint density at radius 2 is 1.95 bits per heavy atom. The van der Waals surface area contributed by atoms with E-state index in [2.05, 4.69) is 12.2 Å². The van der Waals surface area contributed by atoms with Gasteiger partial charge in [-0.05, 0) is 25.7 Å². The van der Waals surface area contributed by atoms with Crippen LogP contribution in [0.2, 0.25) is 0 Å². The van der Waals surface area contributed by atoms with E-state index in [0.717, 1.165) is 25.8 Å². The van der Waals surface area contributed by atoms with Gasteiger partial charge < -0.3 is 10.2 Å². The van der Waals surface area contributed by atoms with Crippen molar-refractivity contribution in [1.29, 1.82) is 0 Å². The summed E-state index contributed by atoms with van der Waals surface area (Å²) in [5.74, 6) is -0.262. The first-order chi connectivity index (χ1) is 9.63. The molecule has 1 atom stereocenters. The lowest BCUT2D eigenvalue weighted by atomic mass is 10.0. The second-order valence-electron chi connectivity index (χ2n) is 5.42. The molecule has 0 saturated carbocycles. The van der Waals surface area contributed by atoms with Gasteiger partial charge in [0, 0.05) is 38.5 Å². The lowest BCUT2D eigenvalue weighted by molar-refractivity contribution is -0.138. The number of piperidine rings is 1. The van der Waals surface area contributed by atoms with E-state index >= 15 is 0 Å². The summed E-state index contributed by atoms with van der Waals surface area (Å²) in [6.07, 6.45) is 4.86. The van der Waals surface area contributed by atoms with Crippen molar-refractivity contribution in [2.24, 2.45) is 0 Å². The molecule has 0 aromatic carbocycles. The number of imide groups is 1. The largest absolute Gasteiger partial charge is 0.336 e. The van der Waals surface area contributed by atoms with Crippen LogP contribution < -0.4 is 5.32 Å². The van der Waals surface area contributed by atoms with E-state index in [-0.39, 0.29) is 24.4 Å². The fourth-order valence-electron chi connectivity index (χ4n) is 2.94. The minimum Gasteiger partial charge on any atom is -0.336 e. The van der Waals surface area contributed by atoms with Crippen LogP contribution in [0, 0.1) is 0 Å². The molecule has 2 saturated heterocycles. The topological polar surface area (TPSA) is 69.7 Å². The van der Waals surface area contributed by atoms with Crippen LogP contribution >= 0.6 is 0 Å². The molecule has 112 valence electrons.